The highest BCUT2D eigenvalue weighted by Crippen LogP contribution is 2.22. The molecule has 1 saturated heterocycles. The zero-order valence-corrected chi connectivity index (χ0v) is 16.2. The second kappa shape index (κ2) is 9.81. The Labute approximate surface area is 148 Å². The summed E-state index contributed by atoms with van der Waals surface area (Å²) in [7, 11) is -2.76. The molecule has 0 bridgehead atoms. The summed E-state index contributed by atoms with van der Waals surface area (Å²) >= 11 is 0. The van der Waals surface area contributed by atoms with E-state index < -0.39 is 15.8 Å². The van der Waals surface area contributed by atoms with Crippen LogP contribution in [0.3, 0.4) is 0 Å². The number of piperidine rings is 1. The molecule has 0 unspecified atom stereocenters. The number of guanidine groups is 1. The van der Waals surface area contributed by atoms with Gasteiger partial charge in [0.2, 0.25) is 0 Å². The van der Waals surface area contributed by atoms with Gasteiger partial charge in [0, 0.05) is 32.7 Å². The third-order valence-electron chi connectivity index (χ3n) is 3.37. The van der Waals surface area contributed by atoms with Gasteiger partial charge in [-0.25, -0.2) is 8.42 Å². The summed E-state index contributed by atoms with van der Waals surface area (Å²) in [5, 5.41) is 6.32. The van der Waals surface area contributed by atoms with Crippen molar-refractivity contribution < 1.29 is 17.2 Å². The van der Waals surface area contributed by atoms with Gasteiger partial charge in [-0.3, -0.25) is 4.99 Å². The van der Waals surface area contributed by atoms with Gasteiger partial charge in [-0.2, -0.15) is 13.1 Å². The minimum atomic E-state index is -4.43. The average molecular weight is 454 g/mol. The maximum absolute atomic E-state index is 12.4. The summed E-state index contributed by atoms with van der Waals surface area (Å²) in [6.45, 7) is 4.94. The summed E-state index contributed by atoms with van der Waals surface area (Å²) in [4.78, 5) is 4.08. The predicted octanol–water partition coefficient (Wildman–Crippen LogP) is 1.44. The topological polar surface area (TPSA) is 73.8 Å². The number of nitrogens with zero attached hydrogens (tertiary/aromatic N) is 2. The summed E-state index contributed by atoms with van der Waals surface area (Å²) in [6, 6.07) is 0.259. The standard InChI is InChI=1S/C12H24F2N4O2S.HI/c1-9(2)17-12(15-3)16-8-10-4-6-18(7-5-10)21(19,20)11(13)14;/h9-11H,4-8H2,1-3H3,(H2,15,16,17);1H. The van der Waals surface area contributed by atoms with Crippen molar-refractivity contribution in [1.29, 1.82) is 0 Å². The van der Waals surface area contributed by atoms with E-state index >= 15 is 0 Å². The molecule has 1 heterocycles. The summed E-state index contributed by atoms with van der Waals surface area (Å²) in [6.07, 6.45) is 1.13. The number of sulfonamides is 1. The fourth-order valence-corrected chi connectivity index (χ4v) is 3.13. The Morgan fingerprint density at radius 2 is 1.86 bits per heavy atom. The Balaban J connectivity index is 0.00000441. The van der Waals surface area contributed by atoms with Crippen LogP contribution in [0.1, 0.15) is 26.7 Å². The van der Waals surface area contributed by atoms with E-state index in [1.165, 1.54) is 0 Å². The second-order valence-electron chi connectivity index (χ2n) is 5.40. The van der Waals surface area contributed by atoms with Crippen LogP contribution in [0.2, 0.25) is 0 Å². The van der Waals surface area contributed by atoms with Crippen molar-refractivity contribution in [3.63, 3.8) is 0 Å². The van der Waals surface area contributed by atoms with Crippen molar-refractivity contribution in [2.24, 2.45) is 10.9 Å². The fraction of sp³-hybridized carbons (Fsp3) is 0.917. The molecule has 0 saturated carbocycles. The Bertz CT molecular complexity index is 452. The quantitative estimate of drug-likeness (QED) is 0.375. The van der Waals surface area contributed by atoms with Crippen LogP contribution in [-0.4, -0.2) is 57.2 Å². The van der Waals surface area contributed by atoms with Crippen LogP contribution in [0.4, 0.5) is 8.78 Å². The number of nitrogens with one attached hydrogen (secondary N) is 2. The smallest absolute Gasteiger partial charge is 0.350 e. The molecule has 0 aromatic carbocycles. The molecular formula is C12H25F2IN4O2S. The second-order valence-corrected chi connectivity index (χ2v) is 7.30. The lowest BCUT2D eigenvalue weighted by molar-refractivity contribution is 0.204. The van der Waals surface area contributed by atoms with Crippen molar-refractivity contribution in [3.05, 3.63) is 0 Å². The molecule has 1 aliphatic heterocycles. The molecule has 0 amide bonds. The minimum absolute atomic E-state index is 0. The van der Waals surface area contributed by atoms with Crippen molar-refractivity contribution in [1.82, 2.24) is 14.9 Å². The normalized spacial score (nSPS) is 18.4. The SMILES string of the molecule is CN=C(NCC1CCN(S(=O)(=O)C(F)F)CC1)NC(C)C.I. The maximum Gasteiger partial charge on any atom is 0.350 e. The average Bonchev–Trinajstić information content (AvgIpc) is 2.43. The van der Waals surface area contributed by atoms with Gasteiger partial charge >= 0.3 is 5.76 Å². The third-order valence-corrected chi connectivity index (χ3v) is 4.90. The summed E-state index contributed by atoms with van der Waals surface area (Å²) in [5.41, 5.74) is 0. The van der Waals surface area contributed by atoms with Crippen LogP contribution in [0.25, 0.3) is 0 Å². The van der Waals surface area contributed by atoms with Crippen molar-refractivity contribution in [3.8, 4) is 0 Å². The van der Waals surface area contributed by atoms with E-state index in [4.69, 9.17) is 0 Å². The van der Waals surface area contributed by atoms with Gasteiger partial charge in [-0.05, 0) is 32.6 Å². The van der Waals surface area contributed by atoms with Gasteiger partial charge in [0.1, 0.15) is 0 Å². The number of hydrogen-bond donors (Lipinski definition) is 2. The number of hydrogen-bond acceptors (Lipinski definition) is 3. The van der Waals surface area contributed by atoms with Crippen molar-refractivity contribution in [2.75, 3.05) is 26.7 Å². The number of halogens is 3. The molecule has 22 heavy (non-hydrogen) atoms. The van der Waals surface area contributed by atoms with E-state index in [9.17, 15) is 17.2 Å². The lowest BCUT2D eigenvalue weighted by Gasteiger charge is -2.31. The minimum Gasteiger partial charge on any atom is -0.356 e. The third kappa shape index (κ3) is 6.49. The van der Waals surface area contributed by atoms with Crippen LogP contribution in [0, 0.1) is 5.92 Å². The lowest BCUT2D eigenvalue weighted by atomic mass is 9.98. The first-order chi connectivity index (χ1) is 9.77. The van der Waals surface area contributed by atoms with Crippen LogP contribution in [0.15, 0.2) is 4.99 Å². The Hall–Kier alpha value is -0.230. The lowest BCUT2D eigenvalue weighted by Crippen LogP contribution is -2.46. The van der Waals surface area contributed by atoms with Crippen LogP contribution in [-0.2, 0) is 10.0 Å². The summed E-state index contributed by atoms with van der Waals surface area (Å²) < 4.78 is 48.5. The largest absolute Gasteiger partial charge is 0.356 e. The molecule has 0 radical (unpaired) electrons. The van der Waals surface area contributed by atoms with E-state index in [1.807, 2.05) is 13.8 Å². The van der Waals surface area contributed by atoms with Gasteiger partial charge in [0.05, 0.1) is 0 Å². The number of rotatable bonds is 5. The van der Waals surface area contributed by atoms with Gasteiger partial charge in [-0.15, -0.1) is 24.0 Å². The monoisotopic (exact) mass is 454 g/mol. The molecule has 1 aliphatic rings. The first kappa shape index (κ1) is 21.8. The Morgan fingerprint density at radius 3 is 2.27 bits per heavy atom. The first-order valence-electron chi connectivity index (χ1n) is 7.01. The van der Waals surface area contributed by atoms with Gasteiger partial charge in [0.15, 0.2) is 5.96 Å². The van der Waals surface area contributed by atoms with Gasteiger partial charge in [0.25, 0.3) is 10.0 Å². The highest BCUT2D eigenvalue weighted by atomic mass is 127. The summed E-state index contributed by atoms with van der Waals surface area (Å²) in [5.74, 6) is -2.39. The molecule has 1 fully saturated rings. The van der Waals surface area contributed by atoms with Gasteiger partial charge < -0.3 is 10.6 Å². The highest BCUT2D eigenvalue weighted by Gasteiger charge is 2.34. The first-order valence-corrected chi connectivity index (χ1v) is 8.52. The predicted molar refractivity (Wildman–Crippen MR) is 94.3 cm³/mol. The fourth-order valence-electron chi connectivity index (χ4n) is 2.19. The Kier molecular flexibility index (Phi) is 9.71. The molecule has 0 aliphatic carbocycles. The zero-order chi connectivity index (χ0) is 16.0. The van der Waals surface area contributed by atoms with E-state index in [0.717, 1.165) is 4.31 Å². The van der Waals surface area contributed by atoms with Crippen LogP contribution < -0.4 is 10.6 Å². The maximum atomic E-state index is 12.4. The van der Waals surface area contributed by atoms with Gasteiger partial charge in [-0.1, -0.05) is 0 Å². The number of alkyl halides is 2. The van der Waals surface area contributed by atoms with Crippen LogP contribution >= 0.6 is 24.0 Å². The molecule has 1 rings (SSSR count). The molecule has 6 nitrogen and oxygen atoms in total. The molecule has 0 aromatic rings. The molecule has 0 atom stereocenters. The van der Waals surface area contributed by atoms with E-state index in [-0.39, 0.29) is 49.0 Å². The molecular weight excluding hydrogens is 429 g/mol. The van der Waals surface area contributed by atoms with E-state index in [1.54, 1.807) is 7.05 Å². The zero-order valence-electron chi connectivity index (χ0n) is 13.1. The Morgan fingerprint density at radius 1 is 1.32 bits per heavy atom. The molecule has 10 heteroatoms. The number of aliphatic imine (C=N–C) groups is 1. The molecule has 0 spiro atoms. The molecule has 0 aromatic heterocycles. The highest BCUT2D eigenvalue weighted by molar-refractivity contribution is 14.0. The molecule has 2 N–H and O–H groups in total. The van der Waals surface area contributed by atoms with Crippen LogP contribution in [0.5, 0.6) is 0 Å². The van der Waals surface area contributed by atoms with E-state index in [0.29, 0.717) is 25.3 Å². The molecule has 132 valence electrons. The van der Waals surface area contributed by atoms with E-state index in [2.05, 4.69) is 15.6 Å². The van der Waals surface area contributed by atoms with Crippen molar-refractivity contribution in [2.45, 2.75) is 38.5 Å². The van der Waals surface area contributed by atoms with Crippen molar-refractivity contribution >= 4 is 40.0 Å².